The molecule has 18 heavy (non-hydrogen) atoms. The molecular weight excluding hydrogens is 222 g/mol. The Morgan fingerprint density at radius 1 is 1.33 bits per heavy atom. The number of hydrogen-bond acceptors (Lipinski definition) is 2. The summed E-state index contributed by atoms with van der Waals surface area (Å²) < 4.78 is 5.89. The van der Waals surface area contributed by atoms with Gasteiger partial charge >= 0.3 is 0 Å². The zero-order valence-corrected chi connectivity index (χ0v) is 11.6. The Morgan fingerprint density at radius 3 is 2.94 bits per heavy atom. The topological polar surface area (TPSA) is 21.3 Å². The summed E-state index contributed by atoms with van der Waals surface area (Å²) in [6.45, 7) is 3.11. The summed E-state index contributed by atoms with van der Waals surface area (Å²) in [5.74, 6) is 1.69. The first-order valence-corrected chi connectivity index (χ1v) is 7.23. The Kier molecular flexibility index (Phi) is 5.06. The number of nitrogens with one attached hydrogen (secondary N) is 1. The number of para-hydroxylation sites is 1. The standard InChI is InChI=1S/C16H25NO/c1-3-4-5-9-15(17-2)14-11-13-8-6-7-10-16(13)18-12-14/h6-8,10,14-15,17H,3-5,9,11-12H2,1-2H3. The molecular formula is C16H25NO. The van der Waals surface area contributed by atoms with Gasteiger partial charge in [0.2, 0.25) is 0 Å². The Hall–Kier alpha value is -1.02. The molecule has 0 radical (unpaired) electrons. The average Bonchev–Trinajstić information content (AvgIpc) is 2.43. The lowest BCUT2D eigenvalue weighted by molar-refractivity contribution is 0.181. The molecule has 1 N–H and O–H groups in total. The Morgan fingerprint density at radius 2 is 2.17 bits per heavy atom. The van der Waals surface area contributed by atoms with Crippen LogP contribution in [0.1, 0.15) is 38.2 Å². The molecule has 0 aliphatic carbocycles. The van der Waals surface area contributed by atoms with Gasteiger partial charge in [-0.2, -0.15) is 0 Å². The summed E-state index contributed by atoms with van der Waals surface area (Å²) in [7, 11) is 2.08. The zero-order chi connectivity index (χ0) is 12.8. The SMILES string of the molecule is CCCCCC(NC)C1COc2ccccc2C1. The number of fused-ring (bicyclic) bond motifs is 1. The molecule has 1 aromatic rings. The van der Waals surface area contributed by atoms with Crippen LogP contribution in [0.4, 0.5) is 0 Å². The van der Waals surface area contributed by atoms with Crippen molar-refractivity contribution in [2.75, 3.05) is 13.7 Å². The van der Waals surface area contributed by atoms with Crippen molar-refractivity contribution >= 4 is 0 Å². The average molecular weight is 247 g/mol. The second kappa shape index (κ2) is 6.79. The van der Waals surface area contributed by atoms with Gasteiger partial charge in [0.25, 0.3) is 0 Å². The van der Waals surface area contributed by atoms with Gasteiger partial charge in [0, 0.05) is 12.0 Å². The van der Waals surface area contributed by atoms with Crippen molar-refractivity contribution in [3.05, 3.63) is 29.8 Å². The summed E-state index contributed by atoms with van der Waals surface area (Å²) in [6.07, 6.45) is 6.36. The van der Waals surface area contributed by atoms with Crippen molar-refractivity contribution < 1.29 is 4.74 Å². The van der Waals surface area contributed by atoms with Gasteiger partial charge in [-0.3, -0.25) is 0 Å². The molecule has 0 saturated heterocycles. The summed E-state index contributed by atoms with van der Waals surface area (Å²) in [4.78, 5) is 0. The minimum Gasteiger partial charge on any atom is -0.493 e. The van der Waals surface area contributed by atoms with E-state index in [1.807, 2.05) is 0 Å². The lowest BCUT2D eigenvalue weighted by atomic mass is 9.87. The summed E-state index contributed by atoms with van der Waals surface area (Å²) in [5.41, 5.74) is 1.37. The van der Waals surface area contributed by atoms with E-state index in [4.69, 9.17) is 4.74 Å². The van der Waals surface area contributed by atoms with E-state index in [1.54, 1.807) is 0 Å². The van der Waals surface area contributed by atoms with Crippen LogP contribution in [0.25, 0.3) is 0 Å². The third-order valence-electron chi connectivity index (χ3n) is 3.97. The maximum absolute atomic E-state index is 5.89. The highest BCUT2D eigenvalue weighted by Gasteiger charge is 2.25. The van der Waals surface area contributed by atoms with Gasteiger partial charge in [0.15, 0.2) is 0 Å². The van der Waals surface area contributed by atoms with Crippen LogP contribution in [-0.2, 0) is 6.42 Å². The van der Waals surface area contributed by atoms with E-state index in [0.29, 0.717) is 12.0 Å². The monoisotopic (exact) mass is 247 g/mol. The second-order valence-electron chi connectivity index (χ2n) is 5.27. The maximum atomic E-state index is 5.89. The molecule has 0 amide bonds. The molecule has 100 valence electrons. The molecule has 2 rings (SSSR count). The molecule has 1 heterocycles. The van der Waals surface area contributed by atoms with E-state index in [0.717, 1.165) is 18.8 Å². The van der Waals surface area contributed by atoms with Crippen LogP contribution in [0.3, 0.4) is 0 Å². The molecule has 2 nitrogen and oxygen atoms in total. The van der Waals surface area contributed by atoms with Crippen LogP contribution in [0.5, 0.6) is 5.75 Å². The first-order valence-electron chi connectivity index (χ1n) is 7.23. The molecule has 0 aromatic heterocycles. The smallest absolute Gasteiger partial charge is 0.122 e. The van der Waals surface area contributed by atoms with Crippen molar-refractivity contribution in [2.24, 2.45) is 5.92 Å². The minimum atomic E-state index is 0.588. The second-order valence-corrected chi connectivity index (χ2v) is 5.27. The lowest BCUT2D eigenvalue weighted by Gasteiger charge is -2.31. The maximum Gasteiger partial charge on any atom is 0.122 e. The van der Waals surface area contributed by atoms with E-state index in [9.17, 15) is 0 Å². The summed E-state index contributed by atoms with van der Waals surface area (Å²) in [5, 5.41) is 3.48. The van der Waals surface area contributed by atoms with E-state index in [2.05, 4.69) is 43.6 Å². The highest BCUT2D eigenvalue weighted by Crippen LogP contribution is 2.29. The summed E-state index contributed by atoms with van der Waals surface area (Å²) in [6, 6.07) is 9.02. The van der Waals surface area contributed by atoms with Gasteiger partial charge in [-0.05, 0) is 31.5 Å². The number of hydrogen-bond donors (Lipinski definition) is 1. The van der Waals surface area contributed by atoms with Crippen LogP contribution in [0.15, 0.2) is 24.3 Å². The highest BCUT2D eigenvalue weighted by molar-refractivity contribution is 5.35. The van der Waals surface area contributed by atoms with E-state index in [1.165, 1.54) is 31.2 Å². The number of ether oxygens (including phenoxy) is 1. The van der Waals surface area contributed by atoms with E-state index < -0.39 is 0 Å². The van der Waals surface area contributed by atoms with Crippen molar-refractivity contribution in [1.29, 1.82) is 0 Å². The summed E-state index contributed by atoms with van der Waals surface area (Å²) >= 11 is 0. The van der Waals surface area contributed by atoms with Crippen molar-refractivity contribution in [2.45, 2.75) is 45.1 Å². The lowest BCUT2D eigenvalue weighted by Crippen LogP contribution is -2.39. The van der Waals surface area contributed by atoms with Crippen LogP contribution in [0, 0.1) is 5.92 Å². The van der Waals surface area contributed by atoms with Crippen molar-refractivity contribution in [3.8, 4) is 5.75 Å². The zero-order valence-electron chi connectivity index (χ0n) is 11.6. The third-order valence-corrected chi connectivity index (χ3v) is 3.97. The molecule has 1 aromatic carbocycles. The Bertz CT molecular complexity index is 364. The molecule has 1 aliphatic rings. The molecule has 0 bridgehead atoms. The molecule has 2 heteroatoms. The minimum absolute atomic E-state index is 0.588. The fraction of sp³-hybridized carbons (Fsp3) is 0.625. The van der Waals surface area contributed by atoms with Gasteiger partial charge in [0.05, 0.1) is 6.61 Å². The van der Waals surface area contributed by atoms with Crippen molar-refractivity contribution in [1.82, 2.24) is 5.32 Å². The van der Waals surface area contributed by atoms with Crippen molar-refractivity contribution in [3.63, 3.8) is 0 Å². The third kappa shape index (κ3) is 3.26. The Labute approximate surface area is 111 Å². The predicted octanol–water partition coefficient (Wildman–Crippen LogP) is 3.41. The fourth-order valence-electron chi connectivity index (χ4n) is 2.84. The number of benzene rings is 1. The molecule has 2 unspecified atom stereocenters. The number of unbranched alkanes of at least 4 members (excludes halogenated alkanes) is 2. The Balaban J connectivity index is 1.93. The number of rotatable bonds is 6. The largest absolute Gasteiger partial charge is 0.493 e. The van der Waals surface area contributed by atoms with Crippen LogP contribution >= 0.6 is 0 Å². The van der Waals surface area contributed by atoms with Crippen LogP contribution < -0.4 is 10.1 Å². The fourth-order valence-corrected chi connectivity index (χ4v) is 2.84. The van der Waals surface area contributed by atoms with Crippen LogP contribution in [-0.4, -0.2) is 19.7 Å². The van der Waals surface area contributed by atoms with Gasteiger partial charge in [0.1, 0.15) is 5.75 Å². The van der Waals surface area contributed by atoms with Gasteiger partial charge in [-0.25, -0.2) is 0 Å². The van der Waals surface area contributed by atoms with E-state index >= 15 is 0 Å². The van der Waals surface area contributed by atoms with Gasteiger partial charge in [-0.1, -0.05) is 44.4 Å². The molecule has 2 atom stereocenters. The first kappa shape index (κ1) is 13.4. The van der Waals surface area contributed by atoms with Crippen LogP contribution in [0.2, 0.25) is 0 Å². The first-order chi connectivity index (χ1) is 8.85. The predicted molar refractivity (Wildman–Crippen MR) is 76.1 cm³/mol. The van der Waals surface area contributed by atoms with Gasteiger partial charge in [-0.15, -0.1) is 0 Å². The molecule has 0 spiro atoms. The normalized spacial score (nSPS) is 20.0. The molecule has 0 fully saturated rings. The van der Waals surface area contributed by atoms with E-state index in [-0.39, 0.29) is 0 Å². The van der Waals surface area contributed by atoms with Gasteiger partial charge < -0.3 is 10.1 Å². The molecule has 0 saturated carbocycles. The molecule has 1 aliphatic heterocycles. The highest BCUT2D eigenvalue weighted by atomic mass is 16.5. The quantitative estimate of drug-likeness (QED) is 0.778.